The Labute approximate surface area is 131 Å². The second-order valence-electron chi connectivity index (χ2n) is 4.25. The Kier molecular flexibility index (Phi) is 4.43. The summed E-state index contributed by atoms with van der Waals surface area (Å²) in [6.07, 6.45) is 0. The maximum absolute atomic E-state index is 13.0. The lowest BCUT2D eigenvalue weighted by Crippen LogP contribution is -2.15. The molecule has 0 spiro atoms. The Morgan fingerprint density at radius 3 is 2.32 bits per heavy atom. The maximum Gasteiger partial charge on any atom is 0.263 e. The SMILES string of the molecule is NS(=O)(=O)c1cccc(NS(=O)(=O)c2ccc(F)cc2Cl)c1. The summed E-state index contributed by atoms with van der Waals surface area (Å²) in [5.74, 6) is -0.680. The van der Waals surface area contributed by atoms with E-state index in [9.17, 15) is 21.2 Å². The van der Waals surface area contributed by atoms with Crippen LogP contribution in [0.1, 0.15) is 0 Å². The molecule has 2 aromatic carbocycles. The summed E-state index contributed by atoms with van der Waals surface area (Å²) in [6.45, 7) is 0. The number of benzene rings is 2. The van der Waals surface area contributed by atoms with Gasteiger partial charge in [-0.05, 0) is 36.4 Å². The first-order chi connectivity index (χ1) is 10.1. The van der Waals surface area contributed by atoms with Gasteiger partial charge in [0.25, 0.3) is 10.0 Å². The highest BCUT2D eigenvalue weighted by atomic mass is 35.5. The van der Waals surface area contributed by atoms with Gasteiger partial charge in [-0.25, -0.2) is 26.4 Å². The van der Waals surface area contributed by atoms with E-state index in [1.165, 1.54) is 18.2 Å². The standard InChI is InChI=1S/C12H10ClFN2O4S2/c13-11-6-8(14)4-5-12(11)22(19,20)16-9-2-1-3-10(7-9)21(15,17)18/h1-7,16H,(H2,15,17,18). The Hall–Kier alpha value is -1.68. The van der Waals surface area contributed by atoms with Crippen molar-refractivity contribution in [1.29, 1.82) is 0 Å². The molecule has 6 nitrogen and oxygen atoms in total. The molecule has 0 fully saturated rings. The zero-order valence-corrected chi connectivity index (χ0v) is 13.2. The molecule has 10 heteroatoms. The van der Waals surface area contributed by atoms with Crippen molar-refractivity contribution in [2.75, 3.05) is 4.72 Å². The van der Waals surface area contributed by atoms with Crippen molar-refractivity contribution in [3.05, 3.63) is 53.3 Å². The van der Waals surface area contributed by atoms with Crippen LogP contribution in [-0.4, -0.2) is 16.8 Å². The largest absolute Gasteiger partial charge is 0.280 e. The second-order valence-corrected chi connectivity index (χ2v) is 7.87. The molecule has 0 radical (unpaired) electrons. The van der Waals surface area contributed by atoms with Crippen molar-refractivity contribution in [2.24, 2.45) is 5.14 Å². The second kappa shape index (κ2) is 5.84. The van der Waals surface area contributed by atoms with E-state index >= 15 is 0 Å². The Bertz CT molecular complexity index is 930. The van der Waals surface area contributed by atoms with Crippen LogP contribution in [0.15, 0.2) is 52.3 Å². The van der Waals surface area contributed by atoms with Crippen molar-refractivity contribution in [1.82, 2.24) is 0 Å². The van der Waals surface area contributed by atoms with Gasteiger partial charge in [0, 0.05) is 0 Å². The minimum absolute atomic E-state index is 0.0214. The molecule has 2 aromatic rings. The lowest BCUT2D eigenvalue weighted by atomic mass is 10.3. The molecule has 0 unspecified atom stereocenters. The fourth-order valence-electron chi connectivity index (χ4n) is 1.64. The number of primary sulfonamides is 1. The highest BCUT2D eigenvalue weighted by molar-refractivity contribution is 7.92. The molecule has 0 saturated carbocycles. The smallest absolute Gasteiger partial charge is 0.263 e. The van der Waals surface area contributed by atoms with E-state index in [4.69, 9.17) is 16.7 Å². The van der Waals surface area contributed by atoms with Crippen LogP contribution in [-0.2, 0) is 20.0 Å². The first-order valence-corrected chi connectivity index (χ1v) is 9.11. The molecule has 3 N–H and O–H groups in total. The molecular formula is C12H10ClFN2O4S2. The van der Waals surface area contributed by atoms with Gasteiger partial charge in [-0.2, -0.15) is 0 Å². The van der Waals surface area contributed by atoms with Crippen molar-refractivity contribution >= 4 is 37.3 Å². The zero-order valence-electron chi connectivity index (χ0n) is 10.8. The first-order valence-electron chi connectivity index (χ1n) is 5.70. The Morgan fingerprint density at radius 2 is 1.73 bits per heavy atom. The lowest BCUT2D eigenvalue weighted by molar-refractivity contribution is 0.596. The number of sulfonamides is 2. The van der Waals surface area contributed by atoms with E-state index in [1.807, 2.05) is 0 Å². The van der Waals surface area contributed by atoms with E-state index in [-0.39, 0.29) is 20.5 Å². The minimum atomic E-state index is -4.11. The molecule has 0 aliphatic carbocycles. The predicted octanol–water partition coefficient (Wildman–Crippen LogP) is 1.93. The average Bonchev–Trinajstić information content (AvgIpc) is 2.36. The van der Waals surface area contributed by atoms with Crippen LogP contribution < -0.4 is 9.86 Å². The van der Waals surface area contributed by atoms with E-state index < -0.39 is 25.9 Å². The minimum Gasteiger partial charge on any atom is -0.280 e. The average molecular weight is 365 g/mol. The number of hydrogen-bond acceptors (Lipinski definition) is 4. The molecule has 0 aliphatic rings. The van der Waals surface area contributed by atoms with Crippen molar-refractivity contribution in [2.45, 2.75) is 9.79 Å². The fraction of sp³-hybridized carbons (Fsp3) is 0. The van der Waals surface area contributed by atoms with Crippen LogP contribution >= 0.6 is 11.6 Å². The van der Waals surface area contributed by atoms with Crippen LogP contribution in [0, 0.1) is 5.82 Å². The topological polar surface area (TPSA) is 106 Å². The monoisotopic (exact) mass is 364 g/mol. The number of anilines is 1. The highest BCUT2D eigenvalue weighted by Gasteiger charge is 2.19. The molecular weight excluding hydrogens is 355 g/mol. The maximum atomic E-state index is 13.0. The van der Waals surface area contributed by atoms with Crippen molar-refractivity contribution in [3.63, 3.8) is 0 Å². The Morgan fingerprint density at radius 1 is 1.05 bits per heavy atom. The van der Waals surface area contributed by atoms with E-state index in [0.29, 0.717) is 0 Å². The number of rotatable bonds is 4. The van der Waals surface area contributed by atoms with E-state index in [0.717, 1.165) is 24.3 Å². The summed E-state index contributed by atoms with van der Waals surface area (Å²) in [6, 6.07) is 7.75. The third kappa shape index (κ3) is 3.74. The van der Waals surface area contributed by atoms with Gasteiger partial charge in [-0.1, -0.05) is 17.7 Å². The lowest BCUT2D eigenvalue weighted by Gasteiger charge is -2.10. The summed E-state index contributed by atoms with van der Waals surface area (Å²) >= 11 is 5.71. The van der Waals surface area contributed by atoms with Gasteiger partial charge in [0.1, 0.15) is 10.7 Å². The van der Waals surface area contributed by atoms with Crippen LogP contribution in [0.5, 0.6) is 0 Å². The molecule has 2 rings (SSSR count). The molecule has 0 aromatic heterocycles. The van der Waals surface area contributed by atoms with Crippen molar-refractivity contribution in [3.8, 4) is 0 Å². The van der Waals surface area contributed by atoms with Gasteiger partial charge in [-0.3, -0.25) is 4.72 Å². The molecule has 22 heavy (non-hydrogen) atoms. The fourth-order valence-corrected chi connectivity index (χ4v) is 3.78. The van der Waals surface area contributed by atoms with E-state index in [1.54, 1.807) is 0 Å². The van der Waals surface area contributed by atoms with Crippen LogP contribution in [0.25, 0.3) is 0 Å². The Balaban J connectivity index is 2.41. The van der Waals surface area contributed by atoms with Gasteiger partial charge in [0.05, 0.1) is 15.6 Å². The van der Waals surface area contributed by atoms with Gasteiger partial charge < -0.3 is 0 Å². The van der Waals surface area contributed by atoms with E-state index in [2.05, 4.69) is 4.72 Å². The van der Waals surface area contributed by atoms with Crippen LogP contribution in [0.4, 0.5) is 10.1 Å². The van der Waals surface area contributed by atoms with Crippen molar-refractivity contribution < 1.29 is 21.2 Å². The summed E-state index contributed by atoms with van der Waals surface area (Å²) in [5, 5.41) is 4.68. The predicted molar refractivity (Wildman–Crippen MR) is 80.0 cm³/mol. The first kappa shape index (κ1) is 16.7. The molecule has 0 heterocycles. The summed E-state index contributed by atoms with van der Waals surface area (Å²) in [7, 11) is -8.08. The third-order valence-corrected chi connectivity index (χ3v) is 5.37. The molecule has 0 saturated heterocycles. The normalized spacial score (nSPS) is 12.1. The number of nitrogens with two attached hydrogens (primary N) is 1. The zero-order chi connectivity index (χ0) is 16.5. The molecule has 0 amide bonds. The third-order valence-electron chi connectivity index (χ3n) is 2.60. The van der Waals surface area contributed by atoms with Gasteiger partial charge in [-0.15, -0.1) is 0 Å². The molecule has 118 valence electrons. The van der Waals surface area contributed by atoms with Gasteiger partial charge in [0.15, 0.2) is 0 Å². The molecule has 0 bridgehead atoms. The van der Waals surface area contributed by atoms with Gasteiger partial charge in [0.2, 0.25) is 10.0 Å². The van der Waals surface area contributed by atoms with Crippen LogP contribution in [0.2, 0.25) is 5.02 Å². The summed E-state index contributed by atoms with van der Waals surface area (Å²) in [4.78, 5) is -0.588. The quantitative estimate of drug-likeness (QED) is 0.864. The molecule has 0 aliphatic heterocycles. The number of hydrogen-bond donors (Lipinski definition) is 2. The highest BCUT2D eigenvalue weighted by Crippen LogP contribution is 2.25. The summed E-state index contributed by atoms with van der Waals surface area (Å²) in [5.41, 5.74) is -0.0214. The number of nitrogens with one attached hydrogen (secondary N) is 1. The number of halogens is 2. The van der Waals surface area contributed by atoms with Crippen LogP contribution in [0.3, 0.4) is 0 Å². The molecule has 0 atom stereocenters. The van der Waals surface area contributed by atoms with Gasteiger partial charge >= 0.3 is 0 Å². The summed E-state index contributed by atoms with van der Waals surface area (Å²) < 4.78 is 62.0.